The number of aryl methyl sites for hydroxylation is 1. The SMILES string of the molecule is [2H]c1c(C)[n+](C)c(-c2cc(C3CCCCC3)cc(C)c2C)c2ccc(C3CC[Si](C)(C)CC3)cc12. The molecule has 1 aliphatic heterocycles. The predicted octanol–water partition coefficient (Wildman–Crippen LogP) is 8.89. The van der Waals surface area contributed by atoms with Crippen LogP contribution in [0.3, 0.4) is 0 Å². The van der Waals surface area contributed by atoms with Crippen molar-refractivity contribution in [1.82, 2.24) is 0 Å². The predicted molar refractivity (Wildman–Crippen MR) is 150 cm³/mol. The Morgan fingerprint density at radius 1 is 0.853 bits per heavy atom. The molecule has 34 heavy (non-hydrogen) atoms. The van der Waals surface area contributed by atoms with Crippen LogP contribution in [0.4, 0.5) is 0 Å². The van der Waals surface area contributed by atoms with E-state index in [1.165, 1.54) is 95.9 Å². The molecule has 1 aliphatic carbocycles. The van der Waals surface area contributed by atoms with Crippen LogP contribution in [-0.4, -0.2) is 8.07 Å². The molecule has 2 heterocycles. The van der Waals surface area contributed by atoms with Gasteiger partial charge in [0.2, 0.25) is 5.69 Å². The number of nitrogens with zero attached hydrogens (tertiary/aromatic N) is 1. The highest BCUT2D eigenvalue weighted by molar-refractivity contribution is 6.77. The maximum atomic E-state index is 9.05. The number of hydrogen-bond acceptors (Lipinski definition) is 0. The van der Waals surface area contributed by atoms with E-state index in [4.69, 9.17) is 1.37 Å². The minimum absolute atomic E-state index is 0.663. The molecule has 1 aromatic heterocycles. The lowest BCUT2D eigenvalue weighted by atomic mass is 9.81. The van der Waals surface area contributed by atoms with Crippen LogP contribution in [0.2, 0.25) is 25.2 Å². The fourth-order valence-electron chi connectivity index (χ4n) is 6.62. The molecular weight excluding hydrogens is 426 g/mol. The third-order valence-electron chi connectivity index (χ3n) is 9.28. The molecule has 3 aromatic rings. The highest BCUT2D eigenvalue weighted by Gasteiger charge is 2.30. The number of rotatable bonds is 3. The third kappa shape index (κ3) is 4.51. The van der Waals surface area contributed by atoms with Gasteiger partial charge in [-0.25, -0.2) is 0 Å². The highest BCUT2D eigenvalue weighted by atomic mass is 28.3. The molecule has 1 nitrogen and oxygen atoms in total. The van der Waals surface area contributed by atoms with Gasteiger partial charge in [0, 0.05) is 21.0 Å². The van der Waals surface area contributed by atoms with Gasteiger partial charge in [0.05, 0.1) is 12.3 Å². The number of pyridine rings is 1. The Labute approximate surface area is 210 Å². The molecule has 2 heteroatoms. The van der Waals surface area contributed by atoms with E-state index < -0.39 is 8.07 Å². The normalized spacial score (nSPS) is 20.0. The Hall–Kier alpha value is -1.93. The zero-order valence-electron chi connectivity index (χ0n) is 23.4. The molecular formula is C32H44NSi+. The molecule has 2 aliphatic rings. The zero-order valence-corrected chi connectivity index (χ0v) is 23.4. The number of hydrogen-bond donors (Lipinski definition) is 0. The summed E-state index contributed by atoms with van der Waals surface area (Å²) in [4.78, 5) is 0. The summed E-state index contributed by atoms with van der Waals surface area (Å²) < 4.78 is 11.3. The van der Waals surface area contributed by atoms with Crippen molar-refractivity contribution in [1.29, 1.82) is 0 Å². The fraction of sp³-hybridized carbons (Fsp3) is 0.531. The smallest absolute Gasteiger partial charge is 0.198 e. The second-order valence-corrected chi connectivity index (χ2v) is 17.5. The van der Waals surface area contributed by atoms with Gasteiger partial charge in [-0.2, -0.15) is 4.57 Å². The number of aromatic nitrogens is 1. The van der Waals surface area contributed by atoms with Gasteiger partial charge in [0.15, 0.2) is 5.69 Å². The molecule has 2 aromatic carbocycles. The maximum Gasteiger partial charge on any atom is 0.220 e. The Bertz CT molecular complexity index is 1260. The van der Waals surface area contributed by atoms with Gasteiger partial charge in [0.25, 0.3) is 0 Å². The Morgan fingerprint density at radius 2 is 1.53 bits per heavy atom. The van der Waals surface area contributed by atoms with E-state index in [0.717, 1.165) is 11.1 Å². The largest absolute Gasteiger partial charge is 0.220 e. The molecule has 0 spiro atoms. The quantitative estimate of drug-likeness (QED) is 0.265. The summed E-state index contributed by atoms with van der Waals surface area (Å²) in [5.74, 6) is 1.36. The Balaban J connectivity index is 1.65. The molecule has 1 saturated heterocycles. The van der Waals surface area contributed by atoms with Crippen LogP contribution in [0, 0.1) is 20.8 Å². The lowest BCUT2D eigenvalue weighted by Gasteiger charge is -2.33. The van der Waals surface area contributed by atoms with E-state index in [1.54, 1.807) is 0 Å². The van der Waals surface area contributed by atoms with E-state index in [9.17, 15) is 0 Å². The fourth-order valence-corrected chi connectivity index (χ4v) is 9.13. The molecule has 0 N–H and O–H groups in total. The minimum atomic E-state index is -0.971. The first-order valence-corrected chi connectivity index (χ1v) is 17.1. The van der Waals surface area contributed by atoms with Crippen molar-refractivity contribution in [2.75, 3.05) is 0 Å². The first kappa shape index (κ1) is 22.5. The van der Waals surface area contributed by atoms with Crippen molar-refractivity contribution in [3.8, 4) is 11.3 Å². The second-order valence-electron chi connectivity index (χ2n) is 12.2. The van der Waals surface area contributed by atoms with Crippen LogP contribution in [0.25, 0.3) is 22.0 Å². The first-order valence-electron chi connectivity index (χ1n) is 14.2. The van der Waals surface area contributed by atoms with Crippen LogP contribution in [0.5, 0.6) is 0 Å². The summed E-state index contributed by atoms with van der Waals surface area (Å²) in [5.41, 5.74) is 9.46. The molecule has 0 unspecified atom stereocenters. The van der Waals surface area contributed by atoms with Gasteiger partial charge < -0.3 is 0 Å². The van der Waals surface area contributed by atoms with Crippen molar-refractivity contribution >= 4 is 18.8 Å². The average Bonchev–Trinajstić information content (AvgIpc) is 2.85. The lowest BCUT2D eigenvalue weighted by molar-refractivity contribution is -0.665. The van der Waals surface area contributed by atoms with Crippen molar-refractivity contribution in [3.63, 3.8) is 0 Å². The first-order chi connectivity index (χ1) is 16.7. The molecule has 180 valence electrons. The zero-order chi connectivity index (χ0) is 24.9. The summed E-state index contributed by atoms with van der Waals surface area (Å²) in [7, 11) is 1.19. The van der Waals surface area contributed by atoms with Crippen LogP contribution in [-0.2, 0) is 7.05 Å². The standard InChI is InChI=1S/C32H44NSi/c1-22-18-28(25-10-8-7-9-11-25)21-31(24(22)3)32-30-13-12-27(20-29(30)19-23(2)33(32)4)26-14-16-34(5,6)17-15-26/h12-13,18-21,25-26H,7-11,14-17H2,1-6H3/q+1/i19D. The highest BCUT2D eigenvalue weighted by Crippen LogP contribution is 2.41. The Morgan fingerprint density at radius 3 is 2.24 bits per heavy atom. The van der Waals surface area contributed by atoms with Gasteiger partial charge in [0.1, 0.15) is 7.05 Å². The van der Waals surface area contributed by atoms with E-state index in [0.29, 0.717) is 17.9 Å². The Kier molecular flexibility index (Phi) is 6.14. The summed E-state index contributed by atoms with van der Waals surface area (Å²) in [5, 5.41) is 2.37. The van der Waals surface area contributed by atoms with Crippen molar-refractivity contribution in [2.24, 2.45) is 7.05 Å². The van der Waals surface area contributed by atoms with Gasteiger partial charge in [-0.05, 0) is 91.1 Å². The molecule has 0 bridgehead atoms. The molecule has 0 atom stereocenters. The summed E-state index contributed by atoms with van der Waals surface area (Å²) in [6, 6.07) is 15.6. The molecule has 0 amide bonds. The van der Waals surface area contributed by atoms with E-state index in [2.05, 4.69) is 75.8 Å². The minimum Gasteiger partial charge on any atom is -0.198 e. The van der Waals surface area contributed by atoms with Gasteiger partial charge in [-0.15, -0.1) is 0 Å². The van der Waals surface area contributed by atoms with Gasteiger partial charge in [-0.1, -0.05) is 62.6 Å². The van der Waals surface area contributed by atoms with E-state index in [-0.39, 0.29) is 0 Å². The van der Waals surface area contributed by atoms with E-state index in [1.807, 2.05) is 0 Å². The van der Waals surface area contributed by atoms with Gasteiger partial charge >= 0.3 is 0 Å². The van der Waals surface area contributed by atoms with Crippen LogP contribution >= 0.6 is 0 Å². The summed E-state index contributed by atoms with van der Waals surface area (Å²) >= 11 is 0. The monoisotopic (exact) mass is 471 g/mol. The average molecular weight is 472 g/mol. The molecule has 2 fully saturated rings. The maximum absolute atomic E-state index is 9.05. The molecule has 5 rings (SSSR count). The molecule has 0 radical (unpaired) electrons. The number of benzene rings is 2. The van der Waals surface area contributed by atoms with Crippen LogP contribution in [0.15, 0.2) is 36.4 Å². The summed E-state index contributed by atoms with van der Waals surface area (Å²) in [6.45, 7) is 11.8. The lowest BCUT2D eigenvalue weighted by Crippen LogP contribution is -2.35. The third-order valence-corrected chi connectivity index (χ3v) is 12.6. The van der Waals surface area contributed by atoms with Crippen LogP contribution in [0.1, 0.15) is 86.1 Å². The van der Waals surface area contributed by atoms with Crippen molar-refractivity contribution in [3.05, 3.63) is 64.3 Å². The van der Waals surface area contributed by atoms with Crippen LogP contribution < -0.4 is 4.57 Å². The number of fused-ring (bicyclic) bond motifs is 1. The second kappa shape index (κ2) is 9.26. The van der Waals surface area contributed by atoms with E-state index >= 15 is 0 Å². The van der Waals surface area contributed by atoms with Gasteiger partial charge in [-0.3, -0.25) is 0 Å². The van der Waals surface area contributed by atoms with Crippen molar-refractivity contribution in [2.45, 2.75) is 103 Å². The molecule has 1 saturated carbocycles. The topological polar surface area (TPSA) is 3.88 Å². The van der Waals surface area contributed by atoms with Crippen molar-refractivity contribution < 1.29 is 5.94 Å². The summed E-state index contributed by atoms with van der Waals surface area (Å²) in [6.07, 6.45) is 9.41.